The Kier molecular flexibility index (Phi) is 4.85. The molecule has 3 rings (SSSR count). The van der Waals surface area contributed by atoms with E-state index >= 15 is 0 Å². The molecule has 9 heteroatoms. The van der Waals surface area contributed by atoms with Crippen LogP contribution < -0.4 is 5.73 Å². The maximum Gasteiger partial charge on any atom is 0.280 e. The van der Waals surface area contributed by atoms with E-state index in [0.717, 1.165) is 19.9 Å². The minimum Gasteiger partial charge on any atom is -0.385 e. The molecule has 2 heterocycles. The van der Waals surface area contributed by atoms with Gasteiger partial charge in [0.25, 0.3) is 5.92 Å². The minimum atomic E-state index is -3.69. The van der Waals surface area contributed by atoms with Gasteiger partial charge in [-0.25, -0.2) is 22.5 Å². The van der Waals surface area contributed by atoms with Gasteiger partial charge < -0.3 is 5.73 Å². The molecule has 1 aliphatic rings. The maximum absolute atomic E-state index is 14.8. The highest BCUT2D eigenvalue weighted by Gasteiger charge is 2.60. The van der Waals surface area contributed by atoms with Gasteiger partial charge in [-0.05, 0) is 38.5 Å². The molecular weight excluding hydrogens is 394 g/mol. The summed E-state index contributed by atoms with van der Waals surface area (Å²) in [6.45, 7) is 3.68. The smallest absolute Gasteiger partial charge is 0.280 e. The molecule has 0 saturated heterocycles. The molecule has 0 unspecified atom stereocenters. The predicted molar refractivity (Wildman–Crippen MR) is 99.3 cm³/mol. The summed E-state index contributed by atoms with van der Waals surface area (Å²) in [6.07, 6.45) is -1.35. The Morgan fingerprint density at radius 3 is 2.57 bits per heavy atom. The molecule has 0 spiro atoms. The van der Waals surface area contributed by atoms with Crippen LogP contribution in [-0.2, 0) is 12.0 Å². The third kappa shape index (κ3) is 3.43. The van der Waals surface area contributed by atoms with Gasteiger partial charge in [0.1, 0.15) is 11.7 Å². The number of aliphatic imine (C=N–C) groups is 1. The Balaban J connectivity index is 2.01. The van der Waals surface area contributed by atoms with Gasteiger partial charge in [0.15, 0.2) is 22.0 Å². The Labute approximate surface area is 163 Å². The van der Waals surface area contributed by atoms with E-state index in [2.05, 4.69) is 9.98 Å². The summed E-state index contributed by atoms with van der Waals surface area (Å²) in [5, 5.41) is 2.01. The van der Waals surface area contributed by atoms with Crippen LogP contribution in [0.2, 0.25) is 0 Å². The van der Waals surface area contributed by atoms with Gasteiger partial charge in [-0.3, -0.25) is 9.79 Å². The summed E-state index contributed by atoms with van der Waals surface area (Å²) in [7, 11) is 0. The summed E-state index contributed by atoms with van der Waals surface area (Å²) >= 11 is 1.18. The number of aryl methyl sites for hydroxylation is 1. The average molecular weight is 413 g/mol. The van der Waals surface area contributed by atoms with E-state index in [0.29, 0.717) is 11.3 Å². The number of amidine groups is 1. The van der Waals surface area contributed by atoms with Crippen molar-refractivity contribution < 1.29 is 22.4 Å². The summed E-state index contributed by atoms with van der Waals surface area (Å²) in [6, 6.07) is 3.51. The van der Waals surface area contributed by atoms with Gasteiger partial charge >= 0.3 is 0 Å². The van der Waals surface area contributed by atoms with Crippen molar-refractivity contribution in [2.45, 2.75) is 50.7 Å². The predicted octanol–water partition coefficient (Wildman–Crippen LogP) is 4.36. The molecule has 0 radical (unpaired) electrons. The molecule has 150 valence electrons. The van der Waals surface area contributed by atoms with Crippen LogP contribution in [0, 0.1) is 12.7 Å². The van der Waals surface area contributed by atoms with Gasteiger partial charge in [-0.2, -0.15) is 0 Å². The number of alkyl halides is 3. The Morgan fingerprint density at radius 2 is 1.96 bits per heavy atom. The van der Waals surface area contributed by atoms with E-state index in [9.17, 15) is 22.4 Å². The zero-order chi connectivity index (χ0) is 20.9. The van der Waals surface area contributed by atoms with Crippen molar-refractivity contribution in [3.05, 3.63) is 51.2 Å². The third-order valence-electron chi connectivity index (χ3n) is 4.92. The lowest BCUT2D eigenvalue weighted by Gasteiger charge is -2.42. The first-order chi connectivity index (χ1) is 12.9. The SMILES string of the molecule is Cc1csc(C(=O)Cc2ccc(F)c([C@@]3(C)N=C(N)[C@](C)(F)CC3(F)F)c2)n1. The van der Waals surface area contributed by atoms with Crippen molar-refractivity contribution in [2.75, 3.05) is 0 Å². The molecular formula is C19H19F4N3OS. The summed E-state index contributed by atoms with van der Waals surface area (Å²) in [5.41, 5.74) is 1.27. The number of carbonyl (C=O) groups excluding carboxylic acids is 1. The van der Waals surface area contributed by atoms with E-state index < -0.39 is 40.8 Å². The molecule has 0 amide bonds. The van der Waals surface area contributed by atoms with Crippen molar-refractivity contribution >= 4 is 23.0 Å². The molecule has 28 heavy (non-hydrogen) atoms. The molecule has 0 aliphatic carbocycles. The number of hydrogen-bond acceptors (Lipinski definition) is 5. The fourth-order valence-corrected chi connectivity index (χ4v) is 3.91. The maximum atomic E-state index is 14.8. The van der Waals surface area contributed by atoms with Crippen LogP contribution in [0.4, 0.5) is 17.6 Å². The highest BCUT2D eigenvalue weighted by atomic mass is 32.1. The molecule has 0 saturated carbocycles. The number of nitrogens with two attached hydrogens (primary N) is 1. The Bertz CT molecular complexity index is 970. The van der Waals surface area contributed by atoms with Crippen molar-refractivity contribution in [2.24, 2.45) is 10.7 Å². The van der Waals surface area contributed by atoms with Crippen LogP contribution in [0.1, 0.15) is 46.9 Å². The largest absolute Gasteiger partial charge is 0.385 e. The molecule has 2 N–H and O–H groups in total. The Morgan fingerprint density at radius 1 is 1.29 bits per heavy atom. The highest BCUT2D eigenvalue weighted by Crippen LogP contribution is 2.50. The summed E-state index contributed by atoms with van der Waals surface area (Å²) in [5.74, 6) is -5.53. The second-order valence-electron chi connectivity index (χ2n) is 7.36. The number of benzene rings is 1. The normalized spacial score (nSPS) is 26.8. The van der Waals surface area contributed by atoms with E-state index in [1.54, 1.807) is 12.3 Å². The molecule has 0 bridgehead atoms. The average Bonchev–Trinajstić information content (AvgIpc) is 3.01. The fourth-order valence-electron chi connectivity index (χ4n) is 3.17. The number of carbonyl (C=O) groups is 1. The first-order valence-corrected chi connectivity index (χ1v) is 9.40. The zero-order valence-electron chi connectivity index (χ0n) is 15.5. The quantitative estimate of drug-likeness (QED) is 0.598. The zero-order valence-corrected chi connectivity index (χ0v) is 16.3. The standard InChI is InChI=1S/C19H19F4N3OS/c1-10-8-28-15(25-10)14(27)7-11-4-5-13(20)12(6-11)18(3)19(22,23)9-17(2,21)16(24)26-18/h4-6,8H,7,9H2,1-3H3,(H2,24,26)/t17-,18-/m1/s1. The number of Topliss-reactive ketones (excluding diaryl/α,β-unsaturated/α-hetero) is 1. The monoisotopic (exact) mass is 413 g/mol. The molecule has 0 fully saturated rings. The van der Waals surface area contributed by atoms with Crippen LogP contribution >= 0.6 is 11.3 Å². The number of rotatable bonds is 4. The molecule has 2 aromatic rings. The number of nitrogens with zero attached hydrogens (tertiary/aromatic N) is 2. The first kappa shape index (κ1) is 20.4. The topological polar surface area (TPSA) is 68.3 Å². The molecule has 4 nitrogen and oxygen atoms in total. The lowest BCUT2D eigenvalue weighted by molar-refractivity contribution is -0.106. The van der Waals surface area contributed by atoms with Gasteiger partial charge in [0.2, 0.25) is 0 Å². The van der Waals surface area contributed by atoms with Gasteiger partial charge in [0, 0.05) is 23.1 Å². The van der Waals surface area contributed by atoms with Gasteiger partial charge in [0.05, 0.1) is 6.42 Å². The fraction of sp³-hybridized carbons (Fsp3) is 0.421. The first-order valence-electron chi connectivity index (χ1n) is 8.52. The Hall–Kier alpha value is -2.29. The van der Waals surface area contributed by atoms with Gasteiger partial charge in [-0.1, -0.05) is 6.07 Å². The lowest BCUT2D eigenvalue weighted by atomic mass is 9.77. The van der Waals surface area contributed by atoms with E-state index in [-0.39, 0.29) is 17.2 Å². The van der Waals surface area contributed by atoms with Crippen molar-refractivity contribution in [1.29, 1.82) is 0 Å². The number of ketones is 1. The van der Waals surface area contributed by atoms with Crippen molar-refractivity contribution in [3.63, 3.8) is 0 Å². The van der Waals surface area contributed by atoms with Crippen LogP contribution in [0.25, 0.3) is 0 Å². The summed E-state index contributed by atoms with van der Waals surface area (Å²) in [4.78, 5) is 20.1. The molecule has 2 atom stereocenters. The van der Waals surface area contributed by atoms with Crippen LogP contribution in [0.5, 0.6) is 0 Å². The van der Waals surface area contributed by atoms with E-state index in [1.165, 1.54) is 23.5 Å². The van der Waals surface area contributed by atoms with Crippen molar-refractivity contribution in [1.82, 2.24) is 4.98 Å². The number of hydrogen-bond donors (Lipinski definition) is 1. The minimum absolute atomic E-state index is 0.137. The van der Waals surface area contributed by atoms with Gasteiger partial charge in [-0.15, -0.1) is 11.3 Å². The molecule has 1 aliphatic heterocycles. The third-order valence-corrected chi connectivity index (χ3v) is 5.92. The lowest BCUT2D eigenvalue weighted by Crippen LogP contribution is -2.56. The molecule has 1 aromatic carbocycles. The van der Waals surface area contributed by atoms with Crippen LogP contribution in [-0.4, -0.2) is 28.2 Å². The highest BCUT2D eigenvalue weighted by molar-refractivity contribution is 7.11. The van der Waals surface area contributed by atoms with E-state index in [1.807, 2.05) is 0 Å². The number of thiazole rings is 1. The second kappa shape index (κ2) is 6.65. The number of aromatic nitrogens is 1. The van der Waals surface area contributed by atoms with Crippen molar-refractivity contribution in [3.8, 4) is 0 Å². The number of halogens is 4. The van der Waals surface area contributed by atoms with E-state index in [4.69, 9.17) is 5.73 Å². The molecule has 1 aromatic heterocycles. The van der Waals surface area contributed by atoms with Crippen LogP contribution in [0.3, 0.4) is 0 Å². The van der Waals surface area contributed by atoms with Crippen LogP contribution in [0.15, 0.2) is 28.6 Å². The summed E-state index contributed by atoms with van der Waals surface area (Å²) < 4.78 is 58.4. The second-order valence-corrected chi connectivity index (χ2v) is 8.21.